The van der Waals surface area contributed by atoms with Crippen molar-refractivity contribution >= 4 is 22.2 Å². The third-order valence-electron chi connectivity index (χ3n) is 5.72. The van der Waals surface area contributed by atoms with Gasteiger partial charge in [0.15, 0.2) is 0 Å². The van der Waals surface area contributed by atoms with Crippen LogP contribution in [0.1, 0.15) is 34.1 Å². The molecule has 3 heterocycles. The minimum absolute atomic E-state index is 0.167. The maximum absolute atomic E-state index is 5.34. The van der Waals surface area contributed by atoms with Crippen molar-refractivity contribution in [3.8, 4) is 0 Å². The number of pyridine rings is 1. The summed E-state index contributed by atoms with van der Waals surface area (Å²) in [5.74, 6) is 0. The molecule has 0 bridgehead atoms. The summed E-state index contributed by atoms with van der Waals surface area (Å²) in [4.78, 5) is 4.72. The van der Waals surface area contributed by atoms with Crippen molar-refractivity contribution in [2.75, 3.05) is 13.7 Å². The van der Waals surface area contributed by atoms with Crippen molar-refractivity contribution in [2.24, 2.45) is 0 Å². The smallest absolute Gasteiger partial charge is 0.0642 e. The topological polar surface area (TPSA) is 39.1 Å². The average Bonchev–Trinajstić information content (AvgIpc) is 3.36. The largest absolute Gasteiger partial charge is 0.383 e. The summed E-state index contributed by atoms with van der Waals surface area (Å²) >= 11 is 1.75. The quantitative estimate of drug-likeness (QED) is 0.393. The van der Waals surface area contributed by atoms with Gasteiger partial charge in [0.05, 0.1) is 18.3 Å². The first kappa shape index (κ1) is 20.8. The van der Waals surface area contributed by atoms with Crippen LogP contribution in [0.25, 0.3) is 10.9 Å². The Bertz CT molecular complexity index is 1080. The summed E-state index contributed by atoms with van der Waals surface area (Å²) in [6.07, 6.45) is 2.89. The van der Waals surface area contributed by atoms with Gasteiger partial charge >= 0.3 is 0 Å². The van der Waals surface area contributed by atoms with E-state index in [2.05, 4.69) is 77.0 Å². The van der Waals surface area contributed by atoms with Gasteiger partial charge < -0.3 is 14.6 Å². The highest BCUT2D eigenvalue weighted by Crippen LogP contribution is 2.27. The van der Waals surface area contributed by atoms with Crippen LogP contribution in [-0.2, 0) is 24.2 Å². The second-order valence-electron chi connectivity index (χ2n) is 7.76. The number of aryl methyl sites for hydroxylation is 1. The van der Waals surface area contributed by atoms with Crippen molar-refractivity contribution in [3.05, 3.63) is 87.5 Å². The summed E-state index contributed by atoms with van der Waals surface area (Å²) < 4.78 is 7.71. The molecule has 0 radical (unpaired) electrons. The number of ether oxygens (including phenoxy) is 1. The highest BCUT2D eigenvalue weighted by Gasteiger charge is 2.18. The van der Waals surface area contributed by atoms with E-state index in [1.165, 1.54) is 33.3 Å². The zero-order chi connectivity index (χ0) is 20.9. The molecule has 0 fully saturated rings. The van der Waals surface area contributed by atoms with Gasteiger partial charge in [0, 0.05) is 43.0 Å². The lowest BCUT2D eigenvalue weighted by Crippen LogP contribution is -2.24. The number of hydrogen-bond acceptors (Lipinski definition) is 4. The molecule has 1 N–H and O–H groups in total. The van der Waals surface area contributed by atoms with E-state index < -0.39 is 0 Å². The molecule has 1 aromatic carbocycles. The molecule has 0 saturated carbocycles. The van der Waals surface area contributed by atoms with Crippen molar-refractivity contribution in [2.45, 2.75) is 39.4 Å². The summed E-state index contributed by atoms with van der Waals surface area (Å²) in [5.41, 5.74) is 7.54. The molecular weight excluding hydrogens is 390 g/mol. The molecule has 0 aliphatic rings. The summed E-state index contributed by atoms with van der Waals surface area (Å²) in [5, 5.41) is 9.49. The highest BCUT2D eigenvalue weighted by atomic mass is 32.1. The van der Waals surface area contributed by atoms with Crippen LogP contribution in [0.2, 0.25) is 0 Å². The molecule has 0 amide bonds. The van der Waals surface area contributed by atoms with E-state index in [1.807, 2.05) is 6.20 Å². The number of benzene rings is 1. The van der Waals surface area contributed by atoms with Crippen LogP contribution < -0.4 is 5.32 Å². The molecule has 156 valence electrons. The molecule has 5 heteroatoms. The third kappa shape index (κ3) is 4.48. The fourth-order valence-corrected chi connectivity index (χ4v) is 4.71. The molecule has 4 nitrogen and oxygen atoms in total. The van der Waals surface area contributed by atoms with Gasteiger partial charge in [-0.1, -0.05) is 24.3 Å². The maximum Gasteiger partial charge on any atom is 0.0642 e. The normalized spacial score (nSPS) is 12.5. The average molecular weight is 420 g/mol. The number of nitrogens with one attached hydrogen (secondary N) is 1. The van der Waals surface area contributed by atoms with Crippen LogP contribution >= 0.6 is 11.3 Å². The van der Waals surface area contributed by atoms with Gasteiger partial charge in [-0.15, -0.1) is 0 Å². The fraction of sp³-hybridized carbons (Fsp3) is 0.320. The van der Waals surface area contributed by atoms with Gasteiger partial charge in [0.2, 0.25) is 0 Å². The van der Waals surface area contributed by atoms with E-state index in [-0.39, 0.29) is 6.04 Å². The fourth-order valence-electron chi connectivity index (χ4n) is 4.03. The van der Waals surface area contributed by atoms with Crippen LogP contribution in [-0.4, -0.2) is 23.3 Å². The monoisotopic (exact) mass is 419 g/mol. The highest BCUT2D eigenvalue weighted by molar-refractivity contribution is 7.07. The van der Waals surface area contributed by atoms with E-state index in [0.717, 1.165) is 25.2 Å². The molecular formula is C25H29N3OS. The predicted molar refractivity (Wildman–Crippen MR) is 125 cm³/mol. The minimum Gasteiger partial charge on any atom is -0.383 e. The van der Waals surface area contributed by atoms with Crippen LogP contribution in [0.4, 0.5) is 0 Å². The zero-order valence-electron chi connectivity index (χ0n) is 17.9. The Labute approximate surface area is 182 Å². The number of methoxy groups -OCH3 is 1. The van der Waals surface area contributed by atoms with E-state index in [1.54, 1.807) is 18.4 Å². The molecule has 3 aromatic heterocycles. The van der Waals surface area contributed by atoms with Gasteiger partial charge in [-0.2, -0.15) is 11.3 Å². The predicted octanol–water partition coefficient (Wildman–Crippen LogP) is 5.43. The molecule has 30 heavy (non-hydrogen) atoms. The molecule has 0 saturated heterocycles. The van der Waals surface area contributed by atoms with Gasteiger partial charge in [-0.05, 0) is 65.9 Å². The second kappa shape index (κ2) is 9.56. The van der Waals surface area contributed by atoms with Gasteiger partial charge in [0.1, 0.15) is 0 Å². The molecule has 0 aliphatic heterocycles. The van der Waals surface area contributed by atoms with Crippen LogP contribution in [0.5, 0.6) is 0 Å². The molecule has 0 unspecified atom stereocenters. The number of para-hydroxylation sites is 1. The van der Waals surface area contributed by atoms with Gasteiger partial charge in [-0.25, -0.2) is 0 Å². The van der Waals surface area contributed by atoms with E-state index in [4.69, 9.17) is 9.72 Å². The lowest BCUT2D eigenvalue weighted by Gasteiger charge is -2.19. The number of thiophene rings is 1. The maximum atomic E-state index is 5.34. The van der Waals surface area contributed by atoms with Crippen LogP contribution in [0.15, 0.2) is 59.4 Å². The van der Waals surface area contributed by atoms with Crippen LogP contribution in [0, 0.1) is 13.8 Å². The second-order valence-corrected chi connectivity index (χ2v) is 8.54. The number of fused-ring (bicyclic) bond motifs is 1. The van der Waals surface area contributed by atoms with Gasteiger partial charge in [-0.3, -0.25) is 4.98 Å². The molecule has 4 aromatic rings. The SMILES string of the molecule is COCCn1c(C)c(CN[C@H](Cc2ccsc2)c2ccc(C)cn2)c2ccccc21. The Morgan fingerprint density at radius 1 is 1.13 bits per heavy atom. The van der Waals surface area contributed by atoms with E-state index in [9.17, 15) is 0 Å². The lowest BCUT2D eigenvalue weighted by atomic mass is 10.0. The summed E-state index contributed by atoms with van der Waals surface area (Å²) in [6.45, 7) is 6.67. The lowest BCUT2D eigenvalue weighted by molar-refractivity contribution is 0.188. The third-order valence-corrected chi connectivity index (χ3v) is 6.45. The molecule has 4 rings (SSSR count). The Morgan fingerprint density at radius 2 is 2.00 bits per heavy atom. The van der Waals surface area contributed by atoms with Crippen molar-refractivity contribution < 1.29 is 4.74 Å². The first-order valence-corrected chi connectivity index (χ1v) is 11.3. The van der Waals surface area contributed by atoms with E-state index in [0.29, 0.717) is 6.61 Å². The van der Waals surface area contributed by atoms with Crippen molar-refractivity contribution in [3.63, 3.8) is 0 Å². The van der Waals surface area contributed by atoms with Gasteiger partial charge in [0.25, 0.3) is 0 Å². The molecule has 0 spiro atoms. The number of hydrogen-bond donors (Lipinski definition) is 1. The number of aromatic nitrogens is 2. The van der Waals surface area contributed by atoms with Crippen molar-refractivity contribution in [1.82, 2.24) is 14.9 Å². The Balaban J connectivity index is 1.62. The first-order valence-electron chi connectivity index (χ1n) is 10.4. The van der Waals surface area contributed by atoms with Crippen LogP contribution in [0.3, 0.4) is 0 Å². The Hall–Kier alpha value is -2.47. The number of nitrogens with zero attached hydrogens (tertiary/aromatic N) is 2. The number of rotatable bonds is 9. The molecule has 0 aliphatic carbocycles. The summed E-state index contributed by atoms with van der Waals surface area (Å²) in [7, 11) is 1.76. The van der Waals surface area contributed by atoms with Crippen molar-refractivity contribution in [1.29, 1.82) is 0 Å². The van der Waals surface area contributed by atoms with E-state index >= 15 is 0 Å². The standard InChI is InChI=1S/C25H29N3OS/c1-18-8-9-23(26-15-18)24(14-20-10-13-30-17-20)27-16-22-19(2)28(11-12-29-3)25-7-5-4-6-21(22)25/h4-10,13,15,17,24,27H,11-12,14,16H2,1-3H3/t24-/m1/s1. The minimum atomic E-state index is 0.167. The molecule has 1 atom stereocenters. The first-order chi connectivity index (χ1) is 14.7. The summed E-state index contributed by atoms with van der Waals surface area (Å²) in [6, 6.07) is 15.3. The zero-order valence-corrected chi connectivity index (χ0v) is 18.7. The Kier molecular flexibility index (Phi) is 6.62. The Morgan fingerprint density at radius 3 is 2.73 bits per heavy atom.